The van der Waals surface area contributed by atoms with Crippen LogP contribution in [0.3, 0.4) is 0 Å². The normalized spacial score (nSPS) is 10.4. The van der Waals surface area contributed by atoms with Crippen LogP contribution in [0.25, 0.3) is 0 Å². The minimum Gasteiger partial charge on any atom is -0.332 e. The number of pyridine rings is 1. The molecule has 0 aliphatic rings. The Hall–Kier alpha value is -2.15. The van der Waals surface area contributed by atoms with Crippen LogP contribution in [-0.4, -0.2) is 19.7 Å². The van der Waals surface area contributed by atoms with Gasteiger partial charge in [-0.15, -0.1) is 0 Å². The number of aromatic nitrogens is 3. The third-order valence-electron chi connectivity index (χ3n) is 2.30. The molecule has 0 bridgehead atoms. The maximum atomic E-state index is 10.9. The van der Waals surface area contributed by atoms with E-state index in [2.05, 4.69) is 15.4 Å². The molecular formula is C10H10ClN5O2. The third-order valence-corrected chi connectivity index (χ3v) is 2.50. The quantitative estimate of drug-likeness (QED) is 0.682. The molecule has 2 heterocycles. The number of aryl methyl sites for hydroxylation is 2. The largest absolute Gasteiger partial charge is 0.332 e. The number of hydrogen-bond donors (Lipinski definition) is 1. The third kappa shape index (κ3) is 2.40. The number of halogens is 1. The molecule has 0 unspecified atom stereocenters. The van der Waals surface area contributed by atoms with E-state index in [-0.39, 0.29) is 16.5 Å². The molecule has 1 N–H and O–H groups in total. The molecule has 0 aliphatic heterocycles. The highest BCUT2D eigenvalue weighted by atomic mass is 35.5. The van der Waals surface area contributed by atoms with E-state index in [0.29, 0.717) is 5.69 Å². The van der Waals surface area contributed by atoms with E-state index in [1.807, 2.05) is 0 Å². The second kappa shape index (κ2) is 4.61. The highest BCUT2D eigenvalue weighted by Gasteiger charge is 2.17. The minimum absolute atomic E-state index is 0.139. The van der Waals surface area contributed by atoms with E-state index in [4.69, 9.17) is 11.6 Å². The number of rotatable bonds is 3. The van der Waals surface area contributed by atoms with Crippen LogP contribution in [-0.2, 0) is 7.05 Å². The number of hydrogen-bond acceptors (Lipinski definition) is 5. The second-order valence-electron chi connectivity index (χ2n) is 3.71. The van der Waals surface area contributed by atoms with Crippen molar-refractivity contribution >= 4 is 28.8 Å². The van der Waals surface area contributed by atoms with Gasteiger partial charge < -0.3 is 5.32 Å². The zero-order valence-electron chi connectivity index (χ0n) is 9.72. The molecule has 0 radical (unpaired) electrons. The van der Waals surface area contributed by atoms with E-state index in [0.717, 1.165) is 5.69 Å². The molecule has 8 heteroatoms. The van der Waals surface area contributed by atoms with Crippen molar-refractivity contribution in [3.05, 3.63) is 39.3 Å². The Kier molecular flexibility index (Phi) is 3.15. The zero-order valence-corrected chi connectivity index (χ0v) is 10.5. The smallest absolute Gasteiger partial charge is 0.313 e. The predicted octanol–water partition coefficient (Wildman–Crippen LogP) is 2.43. The van der Waals surface area contributed by atoms with E-state index >= 15 is 0 Å². The zero-order chi connectivity index (χ0) is 13.3. The summed E-state index contributed by atoms with van der Waals surface area (Å²) in [5.41, 5.74) is 1.21. The summed E-state index contributed by atoms with van der Waals surface area (Å²) in [5, 5.41) is 18.1. The van der Waals surface area contributed by atoms with Gasteiger partial charge in [-0.05, 0) is 6.92 Å². The maximum Gasteiger partial charge on any atom is 0.313 e. The van der Waals surface area contributed by atoms with Gasteiger partial charge in [-0.2, -0.15) is 5.10 Å². The van der Waals surface area contributed by atoms with Crippen molar-refractivity contribution in [3.63, 3.8) is 0 Å². The van der Waals surface area contributed by atoms with Crippen molar-refractivity contribution in [2.75, 3.05) is 5.32 Å². The van der Waals surface area contributed by atoms with Gasteiger partial charge in [0.2, 0.25) is 5.82 Å². The van der Waals surface area contributed by atoms with Gasteiger partial charge >= 0.3 is 5.69 Å². The van der Waals surface area contributed by atoms with Crippen molar-refractivity contribution < 1.29 is 4.92 Å². The van der Waals surface area contributed by atoms with Crippen molar-refractivity contribution in [1.29, 1.82) is 0 Å². The summed E-state index contributed by atoms with van der Waals surface area (Å²) in [5.74, 6) is 0.139. The van der Waals surface area contributed by atoms with Crippen molar-refractivity contribution in [1.82, 2.24) is 14.8 Å². The lowest BCUT2D eigenvalue weighted by Crippen LogP contribution is -1.99. The van der Waals surface area contributed by atoms with Gasteiger partial charge in [0.1, 0.15) is 0 Å². The molecule has 0 fully saturated rings. The standard InChI is InChI=1S/C10H10ClN5O2/c1-6-8(5-15(2)14-6)13-10-9(16(17)18)3-7(11)4-12-10/h3-5H,1-2H3,(H,12,13). The molecule has 0 saturated heterocycles. The van der Waals surface area contributed by atoms with Crippen LogP contribution < -0.4 is 5.32 Å². The molecule has 2 aromatic heterocycles. The molecule has 7 nitrogen and oxygen atoms in total. The van der Waals surface area contributed by atoms with E-state index < -0.39 is 4.92 Å². The van der Waals surface area contributed by atoms with Crippen LogP contribution in [0.2, 0.25) is 5.02 Å². The van der Waals surface area contributed by atoms with Crippen LogP contribution in [0.1, 0.15) is 5.69 Å². The fourth-order valence-corrected chi connectivity index (χ4v) is 1.67. The van der Waals surface area contributed by atoms with Crippen molar-refractivity contribution in [3.8, 4) is 0 Å². The first-order chi connectivity index (χ1) is 8.47. The first kappa shape index (κ1) is 12.3. The number of nitro groups is 1. The van der Waals surface area contributed by atoms with E-state index in [1.54, 1.807) is 24.9 Å². The number of anilines is 2. The molecule has 0 aromatic carbocycles. The Balaban J connectivity index is 2.40. The van der Waals surface area contributed by atoms with Crippen molar-refractivity contribution in [2.45, 2.75) is 6.92 Å². The first-order valence-corrected chi connectivity index (χ1v) is 5.42. The van der Waals surface area contributed by atoms with Crippen LogP contribution in [0.4, 0.5) is 17.2 Å². The molecule has 0 saturated carbocycles. The minimum atomic E-state index is -0.535. The van der Waals surface area contributed by atoms with Crippen molar-refractivity contribution in [2.24, 2.45) is 7.05 Å². The highest BCUT2D eigenvalue weighted by Crippen LogP contribution is 2.28. The van der Waals surface area contributed by atoms with E-state index in [1.165, 1.54) is 12.3 Å². The van der Waals surface area contributed by atoms with Crippen LogP contribution in [0.15, 0.2) is 18.5 Å². The van der Waals surface area contributed by atoms with Gasteiger partial charge in [0.15, 0.2) is 0 Å². The Bertz CT molecular complexity index is 610. The lowest BCUT2D eigenvalue weighted by molar-refractivity contribution is -0.384. The molecule has 0 amide bonds. The van der Waals surface area contributed by atoms with Gasteiger partial charge in [0.25, 0.3) is 0 Å². The second-order valence-corrected chi connectivity index (χ2v) is 4.14. The summed E-state index contributed by atoms with van der Waals surface area (Å²) in [6.07, 6.45) is 3.07. The van der Waals surface area contributed by atoms with Gasteiger partial charge in [0.05, 0.1) is 21.3 Å². The number of nitrogens with zero attached hydrogens (tertiary/aromatic N) is 4. The Morgan fingerprint density at radius 3 is 2.83 bits per heavy atom. The topological polar surface area (TPSA) is 85.9 Å². The molecule has 0 spiro atoms. The van der Waals surface area contributed by atoms with Gasteiger partial charge in [0, 0.05) is 25.5 Å². The molecule has 94 valence electrons. The predicted molar refractivity (Wildman–Crippen MR) is 67.1 cm³/mol. The van der Waals surface area contributed by atoms with Gasteiger partial charge in [-0.1, -0.05) is 11.6 Å². The van der Waals surface area contributed by atoms with Gasteiger partial charge in [-0.3, -0.25) is 14.8 Å². The Morgan fingerprint density at radius 2 is 2.28 bits per heavy atom. The van der Waals surface area contributed by atoms with Gasteiger partial charge in [-0.25, -0.2) is 4.98 Å². The molecule has 2 aromatic rings. The highest BCUT2D eigenvalue weighted by molar-refractivity contribution is 6.30. The maximum absolute atomic E-state index is 10.9. The summed E-state index contributed by atoms with van der Waals surface area (Å²) in [7, 11) is 1.77. The monoisotopic (exact) mass is 267 g/mol. The van der Waals surface area contributed by atoms with E-state index in [9.17, 15) is 10.1 Å². The molecular weight excluding hydrogens is 258 g/mol. The summed E-state index contributed by atoms with van der Waals surface area (Å²) >= 11 is 5.69. The summed E-state index contributed by atoms with van der Waals surface area (Å²) in [6, 6.07) is 1.25. The van der Waals surface area contributed by atoms with Crippen LogP contribution in [0, 0.1) is 17.0 Å². The summed E-state index contributed by atoms with van der Waals surface area (Å²) in [4.78, 5) is 14.3. The molecule has 0 aliphatic carbocycles. The lowest BCUT2D eigenvalue weighted by atomic mass is 10.3. The van der Waals surface area contributed by atoms with Crippen LogP contribution in [0.5, 0.6) is 0 Å². The summed E-state index contributed by atoms with van der Waals surface area (Å²) < 4.78 is 1.61. The molecule has 2 rings (SSSR count). The Labute approximate surface area is 108 Å². The Morgan fingerprint density at radius 1 is 1.56 bits per heavy atom. The summed E-state index contributed by atoms with van der Waals surface area (Å²) in [6.45, 7) is 1.80. The average Bonchev–Trinajstić information content (AvgIpc) is 2.60. The lowest BCUT2D eigenvalue weighted by Gasteiger charge is -2.04. The molecule has 0 atom stereocenters. The first-order valence-electron chi connectivity index (χ1n) is 5.04. The van der Waals surface area contributed by atoms with Crippen LogP contribution >= 0.6 is 11.6 Å². The fourth-order valence-electron chi connectivity index (χ4n) is 1.51. The fraction of sp³-hybridized carbons (Fsp3) is 0.200. The number of nitrogens with one attached hydrogen (secondary N) is 1. The SMILES string of the molecule is Cc1nn(C)cc1Nc1ncc(Cl)cc1[N+](=O)[O-]. The average molecular weight is 268 g/mol. The molecule has 18 heavy (non-hydrogen) atoms.